The van der Waals surface area contributed by atoms with Crippen molar-refractivity contribution in [3.8, 4) is 0 Å². The zero-order chi connectivity index (χ0) is 9.84. The average molecular weight is 198 g/mol. The van der Waals surface area contributed by atoms with Gasteiger partial charge in [-0.3, -0.25) is 10.1 Å². The van der Waals surface area contributed by atoms with Crippen LogP contribution < -0.4 is 0 Å². The summed E-state index contributed by atoms with van der Waals surface area (Å²) in [6.45, 7) is 1.68. The van der Waals surface area contributed by atoms with Crippen molar-refractivity contribution in [2.75, 3.05) is 0 Å². The summed E-state index contributed by atoms with van der Waals surface area (Å²) in [4.78, 5) is 10.1. The number of nitrogens with zero attached hydrogens (tertiary/aromatic N) is 1. The van der Waals surface area contributed by atoms with Gasteiger partial charge in [0.05, 0.1) is 10.5 Å². The zero-order valence-electron chi connectivity index (χ0n) is 7.03. The average Bonchev–Trinajstić information content (AvgIpc) is 2.03. The van der Waals surface area contributed by atoms with Crippen molar-refractivity contribution in [1.82, 2.24) is 0 Å². The van der Waals surface area contributed by atoms with Gasteiger partial charge in [0.2, 0.25) is 0 Å². The Balaban J connectivity index is 3.20. The fourth-order valence-electron chi connectivity index (χ4n) is 0.990. The summed E-state index contributed by atoms with van der Waals surface area (Å²) >= 11 is 5.63. The molecule has 13 heavy (non-hydrogen) atoms. The van der Waals surface area contributed by atoms with Crippen LogP contribution in [0.2, 0.25) is 0 Å². The van der Waals surface area contributed by atoms with Crippen molar-refractivity contribution in [2.24, 2.45) is 0 Å². The molecule has 68 valence electrons. The minimum atomic E-state index is -0.425. The lowest BCUT2D eigenvalue weighted by Gasteiger charge is -1.96. The van der Waals surface area contributed by atoms with E-state index in [1.54, 1.807) is 31.2 Å². The van der Waals surface area contributed by atoms with Gasteiger partial charge < -0.3 is 0 Å². The lowest BCUT2D eigenvalue weighted by Crippen LogP contribution is -1.90. The van der Waals surface area contributed by atoms with Gasteiger partial charge in [-0.2, -0.15) is 0 Å². The molecule has 0 saturated heterocycles. The number of hydrogen-bond acceptors (Lipinski definition) is 2. The van der Waals surface area contributed by atoms with Crippen LogP contribution in [-0.4, -0.2) is 4.92 Å². The first kappa shape index (κ1) is 9.74. The molecule has 0 N–H and O–H groups in total. The molecule has 0 bridgehead atoms. The van der Waals surface area contributed by atoms with E-state index in [-0.39, 0.29) is 5.69 Å². The molecule has 1 aromatic rings. The van der Waals surface area contributed by atoms with Crippen LogP contribution in [0.15, 0.2) is 29.3 Å². The maximum atomic E-state index is 10.5. The van der Waals surface area contributed by atoms with E-state index in [0.717, 1.165) is 0 Å². The SMILES string of the molecule is CC(Cl)=Cc1ccccc1[N+](=O)[O-]. The number of benzene rings is 1. The van der Waals surface area contributed by atoms with Crippen LogP contribution in [0.3, 0.4) is 0 Å². The quantitative estimate of drug-likeness (QED) is 0.540. The highest BCUT2D eigenvalue weighted by molar-refractivity contribution is 6.31. The van der Waals surface area contributed by atoms with Crippen LogP contribution in [0.1, 0.15) is 12.5 Å². The highest BCUT2D eigenvalue weighted by Crippen LogP contribution is 2.21. The summed E-state index contributed by atoms with van der Waals surface area (Å²) in [6, 6.07) is 6.47. The Bertz CT molecular complexity index is 356. The van der Waals surface area contributed by atoms with Crippen molar-refractivity contribution in [2.45, 2.75) is 6.92 Å². The van der Waals surface area contributed by atoms with Gasteiger partial charge in [0.1, 0.15) is 0 Å². The van der Waals surface area contributed by atoms with Crippen LogP contribution in [0.5, 0.6) is 0 Å². The van der Waals surface area contributed by atoms with Crippen molar-refractivity contribution >= 4 is 23.4 Å². The van der Waals surface area contributed by atoms with E-state index >= 15 is 0 Å². The van der Waals surface area contributed by atoms with E-state index in [9.17, 15) is 10.1 Å². The van der Waals surface area contributed by atoms with Gasteiger partial charge in [0.15, 0.2) is 0 Å². The molecule has 0 amide bonds. The minimum absolute atomic E-state index is 0.0718. The fraction of sp³-hybridized carbons (Fsp3) is 0.111. The van der Waals surface area contributed by atoms with Gasteiger partial charge >= 0.3 is 0 Å². The molecule has 1 rings (SSSR count). The van der Waals surface area contributed by atoms with Crippen LogP contribution in [-0.2, 0) is 0 Å². The van der Waals surface area contributed by atoms with Gasteiger partial charge in [-0.15, -0.1) is 0 Å². The first-order valence-electron chi connectivity index (χ1n) is 3.68. The molecule has 0 saturated carbocycles. The number of allylic oxidation sites excluding steroid dienone is 1. The normalized spacial score (nSPS) is 11.4. The second-order valence-corrected chi connectivity index (χ2v) is 3.14. The van der Waals surface area contributed by atoms with E-state index in [0.29, 0.717) is 10.6 Å². The highest BCUT2D eigenvalue weighted by Gasteiger charge is 2.09. The van der Waals surface area contributed by atoms with E-state index in [1.165, 1.54) is 6.07 Å². The molecule has 0 heterocycles. The van der Waals surface area contributed by atoms with Crippen molar-refractivity contribution < 1.29 is 4.92 Å². The van der Waals surface area contributed by atoms with E-state index in [1.807, 2.05) is 0 Å². The Morgan fingerprint density at radius 3 is 2.69 bits per heavy atom. The predicted octanol–water partition coefficient (Wildman–Crippen LogP) is 3.19. The number of halogens is 1. The molecule has 0 fully saturated rings. The number of para-hydroxylation sites is 1. The molecule has 0 aliphatic heterocycles. The Kier molecular flexibility index (Phi) is 3.03. The van der Waals surface area contributed by atoms with Gasteiger partial charge in [0.25, 0.3) is 5.69 Å². The molecule has 1 aromatic carbocycles. The van der Waals surface area contributed by atoms with Crippen LogP contribution in [0.25, 0.3) is 6.08 Å². The first-order valence-corrected chi connectivity index (χ1v) is 4.06. The minimum Gasteiger partial charge on any atom is -0.258 e. The standard InChI is InChI=1S/C9H8ClNO2/c1-7(10)6-8-4-2-3-5-9(8)11(12)13/h2-6H,1H3. The molecule has 0 radical (unpaired) electrons. The molecule has 0 atom stereocenters. The number of hydrogen-bond donors (Lipinski definition) is 0. The summed E-state index contributed by atoms with van der Waals surface area (Å²) < 4.78 is 0. The Morgan fingerprint density at radius 1 is 1.54 bits per heavy atom. The lowest BCUT2D eigenvalue weighted by atomic mass is 10.2. The second kappa shape index (κ2) is 4.05. The Hall–Kier alpha value is -1.35. The molecule has 0 aliphatic carbocycles. The molecular weight excluding hydrogens is 190 g/mol. The van der Waals surface area contributed by atoms with Crippen LogP contribution in [0.4, 0.5) is 5.69 Å². The smallest absolute Gasteiger partial charge is 0.258 e. The monoisotopic (exact) mass is 197 g/mol. The molecule has 0 aliphatic rings. The van der Waals surface area contributed by atoms with Crippen LogP contribution >= 0.6 is 11.6 Å². The largest absolute Gasteiger partial charge is 0.276 e. The molecular formula is C9H8ClNO2. The predicted molar refractivity (Wildman–Crippen MR) is 52.6 cm³/mol. The molecule has 3 nitrogen and oxygen atoms in total. The third kappa shape index (κ3) is 2.56. The van der Waals surface area contributed by atoms with E-state index in [2.05, 4.69) is 0 Å². The van der Waals surface area contributed by atoms with Crippen molar-refractivity contribution in [1.29, 1.82) is 0 Å². The summed E-state index contributed by atoms with van der Waals surface area (Å²) in [5, 5.41) is 11.1. The van der Waals surface area contributed by atoms with E-state index in [4.69, 9.17) is 11.6 Å². The third-order valence-corrected chi connectivity index (χ3v) is 1.60. The summed E-state index contributed by atoms with van der Waals surface area (Å²) in [7, 11) is 0. The maximum absolute atomic E-state index is 10.5. The van der Waals surface area contributed by atoms with Crippen LogP contribution in [0, 0.1) is 10.1 Å². The Labute approximate surface area is 80.8 Å². The maximum Gasteiger partial charge on any atom is 0.276 e. The number of nitro benzene ring substituents is 1. The van der Waals surface area contributed by atoms with Gasteiger partial charge in [0, 0.05) is 11.1 Å². The highest BCUT2D eigenvalue weighted by atomic mass is 35.5. The van der Waals surface area contributed by atoms with Crippen molar-refractivity contribution in [3.63, 3.8) is 0 Å². The molecule has 0 unspecified atom stereocenters. The van der Waals surface area contributed by atoms with E-state index < -0.39 is 4.92 Å². The summed E-state index contributed by atoms with van der Waals surface area (Å²) in [5.41, 5.74) is 0.600. The topological polar surface area (TPSA) is 43.1 Å². The zero-order valence-corrected chi connectivity index (χ0v) is 7.78. The number of rotatable bonds is 2. The number of nitro groups is 1. The van der Waals surface area contributed by atoms with Gasteiger partial charge in [-0.05, 0) is 19.1 Å². The third-order valence-electron chi connectivity index (χ3n) is 1.49. The molecule has 0 spiro atoms. The van der Waals surface area contributed by atoms with Crippen molar-refractivity contribution in [3.05, 3.63) is 45.0 Å². The fourth-order valence-corrected chi connectivity index (χ4v) is 1.11. The molecule has 0 aromatic heterocycles. The second-order valence-electron chi connectivity index (χ2n) is 2.55. The van der Waals surface area contributed by atoms with Gasteiger partial charge in [-0.25, -0.2) is 0 Å². The van der Waals surface area contributed by atoms with Gasteiger partial charge in [-0.1, -0.05) is 23.7 Å². The Morgan fingerprint density at radius 2 is 2.15 bits per heavy atom. The summed E-state index contributed by atoms with van der Waals surface area (Å²) in [5.74, 6) is 0. The first-order chi connectivity index (χ1) is 6.11. The molecule has 4 heteroatoms. The summed E-state index contributed by atoms with van der Waals surface area (Å²) in [6.07, 6.45) is 1.57. The lowest BCUT2D eigenvalue weighted by molar-refractivity contribution is -0.385.